The topological polar surface area (TPSA) is 63.3 Å². The van der Waals surface area contributed by atoms with Gasteiger partial charge in [-0.2, -0.15) is 0 Å². The van der Waals surface area contributed by atoms with E-state index in [1.807, 2.05) is 6.08 Å². The van der Waals surface area contributed by atoms with E-state index in [-0.39, 0.29) is 24.2 Å². The number of hydrogen-bond acceptors (Lipinski definition) is 2. The number of nitrogens with two attached hydrogens (primary N) is 1. The van der Waals surface area contributed by atoms with Crippen molar-refractivity contribution >= 4 is 30.0 Å². The fourth-order valence-electron chi connectivity index (χ4n) is 1.65. The van der Waals surface area contributed by atoms with E-state index in [4.69, 9.17) is 22.4 Å². The summed E-state index contributed by atoms with van der Waals surface area (Å²) < 4.78 is 0. The van der Waals surface area contributed by atoms with Crippen molar-refractivity contribution in [1.29, 1.82) is 0 Å². The molecule has 1 aliphatic carbocycles. The van der Waals surface area contributed by atoms with Gasteiger partial charge in [-0.3, -0.25) is 4.79 Å². The van der Waals surface area contributed by atoms with Gasteiger partial charge < -0.3 is 10.8 Å². The average Bonchev–Trinajstić information content (AvgIpc) is 2.09. The van der Waals surface area contributed by atoms with Gasteiger partial charge in [-0.15, -0.1) is 12.4 Å². The summed E-state index contributed by atoms with van der Waals surface area (Å²) >= 11 is 5.81. The molecule has 82 valence electrons. The summed E-state index contributed by atoms with van der Waals surface area (Å²) in [6.45, 7) is 0.417. The molecule has 0 aliphatic heterocycles. The minimum Gasteiger partial charge on any atom is -0.481 e. The van der Waals surface area contributed by atoms with Crippen LogP contribution < -0.4 is 5.73 Å². The van der Waals surface area contributed by atoms with Gasteiger partial charge in [-0.25, -0.2) is 0 Å². The molecule has 0 heterocycles. The Labute approximate surface area is 94.7 Å². The second kappa shape index (κ2) is 5.59. The molecule has 0 amide bonds. The molecule has 0 radical (unpaired) electrons. The third-order valence-corrected chi connectivity index (χ3v) is 2.95. The number of rotatable bonds is 3. The summed E-state index contributed by atoms with van der Waals surface area (Å²) in [5.74, 6) is -0.781. The fourth-order valence-corrected chi connectivity index (χ4v) is 1.83. The molecule has 3 N–H and O–H groups in total. The zero-order valence-electron chi connectivity index (χ0n) is 7.83. The molecule has 0 aromatic carbocycles. The highest BCUT2D eigenvalue weighted by atomic mass is 35.5. The SMILES string of the molecule is Cl.NCC1(CC(=O)O)CC=C(Cl)CC1. The number of carboxylic acids is 1. The Morgan fingerprint density at radius 2 is 2.36 bits per heavy atom. The number of allylic oxidation sites excluding steroid dienone is 2. The Morgan fingerprint density at radius 1 is 1.71 bits per heavy atom. The number of carbonyl (C=O) groups is 1. The second-order valence-corrected chi connectivity index (χ2v) is 4.12. The van der Waals surface area contributed by atoms with E-state index >= 15 is 0 Å². The lowest BCUT2D eigenvalue weighted by Gasteiger charge is -2.32. The van der Waals surface area contributed by atoms with Crippen LogP contribution >= 0.6 is 24.0 Å². The third kappa shape index (κ3) is 3.48. The van der Waals surface area contributed by atoms with Gasteiger partial charge in [-0.05, 0) is 31.2 Å². The van der Waals surface area contributed by atoms with Crippen LogP contribution in [0.4, 0.5) is 0 Å². The molecule has 5 heteroatoms. The third-order valence-electron chi connectivity index (χ3n) is 2.61. The predicted octanol–water partition coefficient (Wildman–Crippen LogP) is 2.13. The van der Waals surface area contributed by atoms with Gasteiger partial charge in [-0.1, -0.05) is 17.7 Å². The zero-order valence-corrected chi connectivity index (χ0v) is 9.40. The van der Waals surface area contributed by atoms with Crippen LogP contribution in [0.1, 0.15) is 25.7 Å². The number of halogens is 2. The standard InChI is InChI=1S/C9H14ClNO2.ClH/c10-7-1-3-9(6-11,4-2-7)5-8(12)13;/h1H,2-6,11H2,(H,12,13);1H. The summed E-state index contributed by atoms with van der Waals surface area (Å²) in [7, 11) is 0. The molecule has 1 rings (SSSR count). The van der Waals surface area contributed by atoms with E-state index in [0.29, 0.717) is 13.0 Å². The van der Waals surface area contributed by atoms with Gasteiger partial charge in [0.25, 0.3) is 0 Å². The highest BCUT2D eigenvalue weighted by Crippen LogP contribution is 2.38. The summed E-state index contributed by atoms with van der Waals surface area (Å²) in [5, 5.41) is 9.55. The molecule has 0 saturated heterocycles. The van der Waals surface area contributed by atoms with Gasteiger partial charge in [0.1, 0.15) is 0 Å². The summed E-state index contributed by atoms with van der Waals surface area (Å²) in [5.41, 5.74) is 5.34. The van der Waals surface area contributed by atoms with Crippen molar-refractivity contribution in [3.8, 4) is 0 Å². The highest BCUT2D eigenvalue weighted by molar-refractivity contribution is 6.29. The maximum Gasteiger partial charge on any atom is 0.303 e. The van der Waals surface area contributed by atoms with Crippen LogP contribution in [0, 0.1) is 5.41 Å². The molecule has 14 heavy (non-hydrogen) atoms. The molecular weight excluding hydrogens is 225 g/mol. The van der Waals surface area contributed by atoms with Crippen molar-refractivity contribution < 1.29 is 9.90 Å². The van der Waals surface area contributed by atoms with Crippen LogP contribution in [0.3, 0.4) is 0 Å². The van der Waals surface area contributed by atoms with E-state index in [1.54, 1.807) is 0 Å². The van der Waals surface area contributed by atoms with Crippen molar-refractivity contribution in [3.63, 3.8) is 0 Å². The molecule has 3 nitrogen and oxygen atoms in total. The minimum atomic E-state index is -0.781. The summed E-state index contributed by atoms with van der Waals surface area (Å²) in [6, 6.07) is 0. The minimum absolute atomic E-state index is 0. The van der Waals surface area contributed by atoms with Crippen molar-refractivity contribution in [2.75, 3.05) is 6.54 Å². The monoisotopic (exact) mass is 239 g/mol. The first kappa shape index (κ1) is 13.8. The molecule has 1 atom stereocenters. The Hall–Kier alpha value is -0.250. The normalized spacial score (nSPS) is 26.3. The lowest BCUT2D eigenvalue weighted by Crippen LogP contribution is -2.34. The highest BCUT2D eigenvalue weighted by Gasteiger charge is 2.32. The summed E-state index contributed by atoms with van der Waals surface area (Å²) in [6.07, 6.45) is 4.26. The number of carboxylic acid groups (broad SMARTS) is 1. The molecule has 0 saturated carbocycles. The van der Waals surface area contributed by atoms with Crippen LogP contribution in [0.25, 0.3) is 0 Å². The lowest BCUT2D eigenvalue weighted by molar-refractivity contribution is -0.139. The molecule has 1 unspecified atom stereocenters. The Bertz CT molecular complexity index is 243. The number of hydrogen-bond donors (Lipinski definition) is 2. The first-order valence-corrected chi connectivity index (χ1v) is 4.72. The largest absolute Gasteiger partial charge is 0.481 e. The van der Waals surface area contributed by atoms with Gasteiger partial charge in [0.15, 0.2) is 0 Å². The van der Waals surface area contributed by atoms with Gasteiger partial charge in [0, 0.05) is 5.03 Å². The second-order valence-electron chi connectivity index (χ2n) is 3.63. The Balaban J connectivity index is 0.00000169. The molecule has 1 aliphatic rings. The van der Waals surface area contributed by atoms with Crippen molar-refractivity contribution in [3.05, 3.63) is 11.1 Å². The smallest absolute Gasteiger partial charge is 0.303 e. The van der Waals surface area contributed by atoms with Crippen LogP contribution in [0.2, 0.25) is 0 Å². The van der Waals surface area contributed by atoms with Gasteiger partial charge >= 0.3 is 5.97 Å². The van der Waals surface area contributed by atoms with Crippen LogP contribution in [-0.4, -0.2) is 17.6 Å². The van der Waals surface area contributed by atoms with E-state index in [0.717, 1.165) is 17.9 Å². The maximum absolute atomic E-state index is 10.6. The quantitative estimate of drug-likeness (QED) is 0.794. The van der Waals surface area contributed by atoms with Crippen LogP contribution in [-0.2, 0) is 4.79 Å². The molecule has 0 fully saturated rings. The molecule has 0 spiro atoms. The fraction of sp³-hybridized carbons (Fsp3) is 0.667. The van der Waals surface area contributed by atoms with Crippen LogP contribution in [0.15, 0.2) is 11.1 Å². The molecule has 0 bridgehead atoms. The van der Waals surface area contributed by atoms with Crippen molar-refractivity contribution in [2.45, 2.75) is 25.7 Å². The average molecular weight is 240 g/mol. The van der Waals surface area contributed by atoms with Gasteiger partial charge in [0.05, 0.1) is 6.42 Å². The van der Waals surface area contributed by atoms with E-state index in [1.165, 1.54) is 0 Å². The van der Waals surface area contributed by atoms with E-state index < -0.39 is 5.97 Å². The van der Waals surface area contributed by atoms with Crippen molar-refractivity contribution in [1.82, 2.24) is 0 Å². The van der Waals surface area contributed by atoms with E-state index in [9.17, 15) is 4.79 Å². The summed E-state index contributed by atoms with van der Waals surface area (Å²) in [4.78, 5) is 10.6. The first-order valence-electron chi connectivity index (χ1n) is 4.34. The number of aliphatic carboxylic acids is 1. The lowest BCUT2D eigenvalue weighted by atomic mass is 9.74. The zero-order chi connectivity index (χ0) is 9.90. The first-order chi connectivity index (χ1) is 6.08. The van der Waals surface area contributed by atoms with E-state index in [2.05, 4.69) is 0 Å². The maximum atomic E-state index is 10.6. The molecule has 0 aromatic rings. The van der Waals surface area contributed by atoms with Gasteiger partial charge in [0.2, 0.25) is 0 Å². The predicted molar refractivity (Wildman–Crippen MR) is 58.8 cm³/mol. The van der Waals surface area contributed by atoms with Crippen LogP contribution in [0.5, 0.6) is 0 Å². The van der Waals surface area contributed by atoms with Crippen molar-refractivity contribution in [2.24, 2.45) is 11.1 Å². The molecule has 0 aromatic heterocycles. The Kier molecular flexibility index (Phi) is 5.49. The molecular formula is C9H15Cl2NO2. The Morgan fingerprint density at radius 3 is 2.71 bits per heavy atom.